The quantitative estimate of drug-likeness (QED) is 0.160. The molecule has 5 rings (SSSR count). The number of aromatic nitrogens is 3. The summed E-state index contributed by atoms with van der Waals surface area (Å²) in [6.07, 6.45) is 1.82. The van der Waals surface area contributed by atoms with Crippen LogP contribution in [0.25, 0.3) is 22.2 Å². The maximum atomic E-state index is 13.5. The third kappa shape index (κ3) is 7.48. The molecule has 0 atom stereocenters. The molecule has 0 radical (unpaired) electrons. The van der Waals surface area contributed by atoms with E-state index in [1.165, 1.54) is 29.8 Å². The molecule has 3 aromatic carbocycles. The highest BCUT2D eigenvalue weighted by Crippen LogP contribution is 2.32. The van der Waals surface area contributed by atoms with Gasteiger partial charge in [-0.3, -0.25) is 0 Å². The summed E-state index contributed by atoms with van der Waals surface area (Å²) < 4.78 is 47.7. The molecule has 5 aromatic rings. The first-order valence-corrected chi connectivity index (χ1v) is 15.3. The lowest BCUT2D eigenvalue weighted by Gasteiger charge is -2.12. The lowest BCUT2D eigenvalue weighted by Crippen LogP contribution is -2.09. The zero-order chi connectivity index (χ0) is 29.6. The van der Waals surface area contributed by atoms with Crippen molar-refractivity contribution < 1.29 is 22.3 Å². The van der Waals surface area contributed by atoms with Crippen LogP contribution in [0.4, 0.5) is 15.9 Å². The predicted molar refractivity (Wildman–Crippen MR) is 164 cm³/mol. The summed E-state index contributed by atoms with van der Waals surface area (Å²) in [5.74, 6) is 0.882. The van der Waals surface area contributed by atoms with Gasteiger partial charge in [0.15, 0.2) is 5.05 Å². The molecule has 0 spiro atoms. The number of benzene rings is 3. The summed E-state index contributed by atoms with van der Waals surface area (Å²) in [5.41, 5.74) is 3.71. The van der Waals surface area contributed by atoms with Gasteiger partial charge in [0.1, 0.15) is 41.9 Å². The third-order valence-corrected chi connectivity index (χ3v) is 7.85. The van der Waals surface area contributed by atoms with Gasteiger partial charge >= 0.3 is 0 Å². The van der Waals surface area contributed by atoms with Gasteiger partial charge in [0.05, 0.1) is 16.2 Å². The molecule has 2 heterocycles. The number of nitrogens with one attached hydrogen (secondary N) is 1. The van der Waals surface area contributed by atoms with Crippen molar-refractivity contribution in [2.75, 3.05) is 5.32 Å². The van der Waals surface area contributed by atoms with Crippen molar-refractivity contribution in [1.29, 1.82) is 0 Å². The standard InChI is InChI=1S/C30H26ClFN4O4S2/c1-18(2)10-29(42(37)38)40-15-28-36-26(16-41-28)20-6-8-25-23(12-20)30(34-17-33-25)35-22-7-9-27(24(31)13-22)39-14-19-4-3-5-21(32)11-19/h3-9,11-13,16-18H,10,14-15H2,1-2H3,(H,33,34,35). The van der Waals surface area contributed by atoms with Crippen LogP contribution in [0.2, 0.25) is 5.02 Å². The molecule has 216 valence electrons. The third-order valence-electron chi connectivity index (χ3n) is 6.08. The number of halogens is 2. The normalized spacial score (nSPS) is 11.2. The number of hydrogen-bond acceptors (Lipinski definition) is 9. The van der Waals surface area contributed by atoms with E-state index in [1.807, 2.05) is 43.5 Å². The first-order chi connectivity index (χ1) is 20.2. The van der Waals surface area contributed by atoms with Gasteiger partial charge in [-0.2, -0.15) is 8.42 Å². The molecule has 2 aromatic heterocycles. The average molecular weight is 625 g/mol. The van der Waals surface area contributed by atoms with Crippen molar-refractivity contribution >= 4 is 60.7 Å². The second-order valence-corrected chi connectivity index (χ2v) is 12.0. The number of hydrogen-bond donors (Lipinski definition) is 1. The van der Waals surface area contributed by atoms with E-state index in [9.17, 15) is 12.8 Å². The monoisotopic (exact) mass is 624 g/mol. The minimum absolute atomic E-state index is 0.0339. The van der Waals surface area contributed by atoms with Crippen molar-refractivity contribution in [2.45, 2.75) is 33.5 Å². The minimum atomic E-state index is -2.40. The molecule has 0 aliphatic heterocycles. The van der Waals surface area contributed by atoms with E-state index in [2.05, 4.69) is 20.3 Å². The fraction of sp³-hybridized carbons (Fsp3) is 0.200. The van der Waals surface area contributed by atoms with E-state index in [0.717, 1.165) is 22.2 Å². The van der Waals surface area contributed by atoms with Gasteiger partial charge in [-0.25, -0.2) is 19.3 Å². The van der Waals surface area contributed by atoms with E-state index >= 15 is 0 Å². The van der Waals surface area contributed by atoms with Crippen LogP contribution < -0.4 is 10.1 Å². The maximum Gasteiger partial charge on any atom is 0.240 e. The SMILES string of the molecule is CC(C)CC(OCc1nc(-c2ccc3ncnc(Nc4ccc(OCc5cccc(F)c5)c(Cl)c4)c3c2)cs1)=S(=O)=O. The molecule has 0 aliphatic carbocycles. The van der Waals surface area contributed by atoms with Crippen molar-refractivity contribution in [3.8, 4) is 17.0 Å². The van der Waals surface area contributed by atoms with Gasteiger partial charge in [-0.1, -0.05) is 43.6 Å². The van der Waals surface area contributed by atoms with E-state index in [-0.39, 0.29) is 30.0 Å². The molecule has 0 saturated heterocycles. The van der Waals surface area contributed by atoms with E-state index < -0.39 is 10.3 Å². The number of ether oxygens (including phenoxy) is 2. The summed E-state index contributed by atoms with van der Waals surface area (Å²) in [5, 5.41) is 7.06. The maximum absolute atomic E-state index is 13.5. The summed E-state index contributed by atoms with van der Waals surface area (Å²) >= 11 is 7.87. The first-order valence-electron chi connectivity index (χ1n) is 13.0. The first kappa shape index (κ1) is 29.6. The Morgan fingerprint density at radius 2 is 1.93 bits per heavy atom. The van der Waals surface area contributed by atoms with Crippen LogP contribution in [0.15, 0.2) is 72.4 Å². The van der Waals surface area contributed by atoms with Crippen LogP contribution in [0, 0.1) is 11.7 Å². The Hall–Kier alpha value is -3.90. The van der Waals surface area contributed by atoms with Crippen LogP contribution in [-0.2, 0) is 28.2 Å². The van der Waals surface area contributed by atoms with E-state index in [0.29, 0.717) is 39.3 Å². The number of nitrogens with zero attached hydrogens (tertiary/aromatic N) is 3. The highest BCUT2D eigenvalue weighted by molar-refractivity contribution is 7.72. The van der Waals surface area contributed by atoms with Crippen molar-refractivity contribution in [1.82, 2.24) is 15.0 Å². The van der Waals surface area contributed by atoms with Crippen LogP contribution in [0.3, 0.4) is 0 Å². The number of anilines is 2. The van der Waals surface area contributed by atoms with Crippen molar-refractivity contribution in [3.05, 3.63) is 93.8 Å². The topological polar surface area (TPSA) is 103 Å². The molecule has 0 unspecified atom stereocenters. The van der Waals surface area contributed by atoms with E-state index in [4.69, 9.17) is 21.1 Å². The van der Waals surface area contributed by atoms with Gasteiger partial charge in [-0.05, 0) is 53.9 Å². The molecular formula is C30H26ClFN4O4S2. The Morgan fingerprint density at radius 1 is 1.07 bits per heavy atom. The van der Waals surface area contributed by atoms with Crippen LogP contribution in [0.5, 0.6) is 5.75 Å². The largest absolute Gasteiger partial charge is 0.487 e. The molecule has 1 N–H and O–H groups in total. The number of rotatable bonds is 10. The molecule has 0 fully saturated rings. The Kier molecular flexibility index (Phi) is 9.43. The van der Waals surface area contributed by atoms with Crippen molar-refractivity contribution in [2.24, 2.45) is 5.92 Å². The molecule has 0 bridgehead atoms. The Labute approximate surface area is 252 Å². The van der Waals surface area contributed by atoms with Gasteiger partial charge < -0.3 is 14.8 Å². The number of thiazole rings is 1. The zero-order valence-corrected chi connectivity index (χ0v) is 25.1. The molecular weight excluding hydrogens is 599 g/mol. The van der Waals surface area contributed by atoms with Gasteiger partial charge in [0.25, 0.3) is 0 Å². The summed E-state index contributed by atoms with van der Waals surface area (Å²) in [6, 6.07) is 17.2. The van der Waals surface area contributed by atoms with Crippen molar-refractivity contribution in [3.63, 3.8) is 0 Å². The summed E-state index contributed by atoms with van der Waals surface area (Å²) in [4.78, 5) is 13.5. The second kappa shape index (κ2) is 13.4. The smallest absolute Gasteiger partial charge is 0.240 e. The van der Waals surface area contributed by atoms with Crippen LogP contribution >= 0.6 is 22.9 Å². The molecule has 12 heteroatoms. The summed E-state index contributed by atoms with van der Waals surface area (Å²) in [7, 11) is -2.40. The lowest BCUT2D eigenvalue weighted by molar-refractivity contribution is 0.286. The molecule has 0 saturated carbocycles. The lowest BCUT2D eigenvalue weighted by atomic mass is 10.1. The van der Waals surface area contributed by atoms with Gasteiger partial charge in [0, 0.05) is 28.4 Å². The number of fused-ring (bicyclic) bond motifs is 1. The highest BCUT2D eigenvalue weighted by Gasteiger charge is 2.13. The Morgan fingerprint density at radius 3 is 2.69 bits per heavy atom. The molecule has 0 aliphatic rings. The fourth-order valence-corrected chi connectivity index (χ4v) is 5.67. The van der Waals surface area contributed by atoms with Crippen LogP contribution in [-0.4, -0.2) is 28.4 Å². The minimum Gasteiger partial charge on any atom is -0.487 e. The second-order valence-electron chi connectivity index (χ2n) is 9.76. The predicted octanol–water partition coefficient (Wildman–Crippen LogP) is 7.44. The average Bonchev–Trinajstić information content (AvgIpc) is 3.44. The van der Waals surface area contributed by atoms with Crippen LogP contribution in [0.1, 0.15) is 30.8 Å². The Balaban J connectivity index is 1.31. The zero-order valence-electron chi connectivity index (χ0n) is 22.7. The molecule has 8 nitrogen and oxygen atoms in total. The van der Waals surface area contributed by atoms with Gasteiger partial charge in [-0.15, -0.1) is 11.3 Å². The molecule has 42 heavy (non-hydrogen) atoms. The Bertz CT molecular complexity index is 1870. The fourth-order valence-electron chi connectivity index (χ4n) is 4.10. The van der Waals surface area contributed by atoms with Gasteiger partial charge in [0.2, 0.25) is 10.3 Å². The summed E-state index contributed by atoms with van der Waals surface area (Å²) in [6.45, 7) is 4.12. The highest BCUT2D eigenvalue weighted by atomic mass is 35.5. The molecule has 0 amide bonds. The van der Waals surface area contributed by atoms with E-state index in [1.54, 1.807) is 24.3 Å².